The lowest BCUT2D eigenvalue weighted by molar-refractivity contribution is -0.117. The van der Waals surface area contributed by atoms with Crippen molar-refractivity contribution in [1.82, 2.24) is 9.55 Å². The van der Waals surface area contributed by atoms with Gasteiger partial charge in [0.05, 0.1) is 11.0 Å². The lowest BCUT2D eigenvalue weighted by Gasteiger charge is -2.12. The average Bonchev–Trinajstić information content (AvgIpc) is 2.82. The summed E-state index contributed by atoms with van der Waals surface area (Å²) >= 11 is 1.38. The lowest BCUT2D eigenvalue weighted by Crippen LogP contribution is -2.19. The zero-order valence-electron chi connectivity index (χ0n) is 11.6. The highest BCUT2D eigenvalue weighted by Gasteiger charge is 2.22. The largest absolute Gasteiger partial charge is 0.368 e. The van der Waals surface area contributed by atoms with E-state index in [1.165, 1.54) is 11.8 Å². The second-order valence-electron chi connectivity index (χ2n) is 4.75. The summed E-state index contributed by atoms with van der Waals surface area (Å²) in [5.74, 6) is -0.363. The maximum Gasteiger partial charge on any atom is 0.235 e. The highest BCUT2D eigenvalue weighted by Crippen LogP contribution is 2.35. The number of rotatable bonds is 4. The monoisotopic (exact) mass is 297 g/mol. The van der Waals surface area contributed by atoms with Crippen LogP contribution in [0, 0.1) is 0 Å². The molecule has 1 heterocycles. The fraction of sp³-hybridized carbons (Fsp3) is 0.125. The SMILES string of the molecule is Cn1c(S[C@H](C(N)=O)c2ccccc2)nc2ccccc21. The number of imidazole rings is 1. The Morgan fingerprint density at radius 3 is 2.48 bits per heavy atom. The maximum absolute atomic E-state index is 11.8. The highest BCUT2D eigenvalue weighted by molar-refractivity contribution is 8.00. The summed E-state index contributed by atoms with van der Waals surface area (Å²) in [6.45, 7) is 0. The van der Waals surface area contributed by atoms with Gasteiger partial charge in [-0.3, -0.25) is 4.79 Å². The van der Waals surface area contributed by atoms with Gasteiger partial charge >= 0.3 is 0 Å². The van der Waals surface area contributed by atoms with Gasteiger partial charge in [-0.15, -0.1) is 0 Å². The summed E-state index contributed by atoms with van der Waals surface area (Å²) in [6.07, 6.45) is 0. The molecule has 0 aliphatic heterocycles. The van der Waals surface area contributed by atoms with Crippen molar-refractivity contribution in [3.05, 3.63) is 60.2 Å². The van der Waals surface area contributed by atoms with Gasteiger partial charge in [-0.2, -0.15) is 0 Å². The molecular formula is C16H15N3OS. The second kappa shape index (κ2) is 5.61. The van der Waals surface area contributed by atoms with E-state index >= 15 is 0 Å². The summed E-state index contributed by atoms with van der Waals surface area (Å²) in [6, 6.07) is 17.4. The van der Waals surface area contributed by atoms with E-state index in [0.29, 0.717) is 0 Å². The predicted octanol–water partition coefficient (Wildman–Crippen LogP) is 2.89. The van der Waals surface area contributed by atoms with Crippen molar-refractivity contribution < 1.29 is 4.79 Å². The minimum absolute atomic E-state index is 0.363. The van der Waals surface area contributed by atoms with Crippen molar-refractivity contribution in [2.75, 3.05) is 0 Å². The molecule has 0 saturated heterocycles. The molecule has 1 atom stereocenters. The molecule has 0 bridgehead atoms. The number of nitrogens with zero attached hydrogens (tertiary/aromatic N) is 2. The molecule has 1 aromatic heterocycles. The molecule has 21 heavy (non-hydrogen) atoms. The van der Waals surface area contributed by atoms with Crippen LogP contribution in [0.2, 0.25) is 0 Å². The van der Waals surface area contributed by atoms with E-state index in [-0.39, 0.29) is 5.91 Å². The van der Waals surface area contributed by atoms with Gasteiger partial charge in [0, 0.05) is 7.05 Å². The Morgan fingerprint density at radius 1 is 1.14 bits per heavy atom. The van der Waals surface area contributed by atoms with Crippen molar-refractivity contribution in [3.8, 4) is 0 Å². The molecule has 0 saturated carbocycles. The number of nitrogens with two attached hydrogens (primary N) is 1. The number of fused-ring (bicyclic) bond motifs is 1. The van der Waals surface area contributed by atoms with Crippen LogP contribution in [0.4, 0.5) is 0 Å². The number of thioether (sulfide) groups is 1. The summed E-state index contributed by atoms with van der Waals surface area (Å²) in [7, 11) is 1.95. The van der Waals surface area contributed by atoms with Crippen molar-refractivity contribution >= 4 is 28.7 Å². The van der Waals surface area contributed by atoms with Gasteiger partial charge < -0.3 is 10.3 Å². The average molecular weight is 297 g/mol. The fourth-order valence-electron chi connectivity index (χ4n) is 2.25. The van der Waals surface area contributed by atoms with Crippen molar-refractivity contribution in [2.45, 2.75) is 10.4 Å². The summed E-state index contributed by atoms with van der Waals surface area (Å²) in [5, 5.41) is 0.338. The van der Waals surface area contributed by atoms with Crippen molar-refractivity contribution in [3.63, 3.8) is 0 Å². The number of hydrogen-bond donors (Lipinski definition) is 1. The van der Waals surface area contributed by atoms with Gasteiger partial charge in [0.15, 0.2) is 5.16 Å². The van der Waals surface area contributed by atoms with Crippen LogP contribution in [0.3, 0.4) is 0 Å². The Hall–Kier alpha value is -2.27. The minimum atomic E-state index is -0.443. The molecule has 0 unspecified atom stereocenters. The van der Waals surface area contributed by atoms with Crippen LogP contribution in [-0.4, -0.2) is 15.5 Å². The lowest BCUT2D eigenvalue weighted by atomic mass is 10.1. The Bertz CT molecular complexity index is 783. The summed E-state index contributed by atoms with van der Waals surface area (Å²) in [5.41, 5.74) is 8.41. The van der Waals surface area contributed by atoms with Crippen LogP contribution in [0.1, 0.15) is 10.8 Å². The molecule has 4 nitrogen and oxygen atoms in total. The van der Waals surface area contributed by atoms with Gasteiger partial charge in [0.1, 0.15) is 5.25 Å². The normalized spacial score (nSPS) is 12.4. The fourth-order valence-corrected chi connectivity index (χ4v) is 3.28. The first kappa shape index (κ1) is 13.7. The molecule has 106 valence electrons. The Kier molecular flexibility index (Phi) is 3.66. The van der Waals surface area contributed by atoms with Crippen LogP contribution in [0.15, 0.2) is 59.8 Å². The number of aryl methyl sites for hydroxylation is 1. The van der Waals surface area contributed by atoms with Gasteiger partial charge in [0.2, 0.25) is 5.91 Å². The molecule has 0 spiro atoms. The van der Waals surface area contributed by atoms with E-state index in [1.807, 2.05) is 66.2 Å². The molecule has 3 rings (SSSR count). The second-order valence-corrected chi connectivity index (χ2v) is 5.83. The van der Waals surface area contributed by atoms with E-state index in [0.717, 1.165) is 21.8 Å². The first-order chi connectivity index (χ1) is 10.2. The van der Waals surface area contributed by atoms with Crippen LogP contribution in [-0.2, 0) is 11.8 Å². The number of aromatic nitrogens is 2. The summed E-state index contributed by atoms with van der Waals surface area (Å²) < 4.78 is 1.98. The topological polar surface area (TPSA) is 60.9 Å². The predicted molar refractivity (Wildman–Crippen MR) is 84.9 cm³/mol. The first-order valence-corrected chi connectivity index (χ1v) is 7.47. The molecule has 1 amide bonds. The van der Waals surface area contributed by atoms with Crippen LogP contribution < -0.4 is 5.73 Å². The Balaban J connectivity index is 1.99. The van der Waals surface area contributed by atoms with E-state index < -0.39 is 5.25 Å². The first-order valence-electron chi connectivity index (χ1n) is 6.59. The van der Waals surface area contributed by atoms with Gasteiger partial charge in [-0.05, 0) is 17.7 Å². The number of carbonyl (C=O) groups is 1. The third-order valence-corrected chi connectivity index (χ3v) is 4.65. The number of carbonyl (C=O) groups excluding carboxylic acids is 1. The van der Waals surface area contributed by atoms with E-state index in [1.54, 1.807) is 0 Å². The molecule has 5 heteroatoms. The molecule has 0 fully saturated rings. The van der Waals surface area contributed by atoms with Crippen LogP contribution in [0.5, 0.6) is 0 Å². The number of benzene rings is 2. The number of amides is 1. The summed E-state index contributed by atoms with van der Waals surface area (Å²) in [4.78, 5) is 16.4. The molecule has 0 radical (unpaired) electrons. The standard InChI is InChI=1S/C16H15N3OS/c1-19-13-10-6-5-9-12(13)18-16(19)21-14(15(17)20)11-7-3-2-4-8-11/h2-10,14H,1H3,(H2,17,20)/t14-/m0/s1. The van der Waals surface area contributed by atoms with Crippen molar-refractivity contribution in [1.29, 1.82) is 0 Å². The Morgan fingerprint density at radius 2 is 1.81 bits per heavy atom. The third kappa shape index (κ3) is 2.64. The van der Waals surface area contributed by atoms with E-state index in [9.17, 15) is 4.79 Å². The Labute approximate surface area is 127 Å². The number of primary amides is 1. The molecule has 0 aliphatic rings. The smallest absolute Gasteiger partial charge is 0.235 e. The van der Waals surface area contributed by atoms with Crippen LogP contribution in [0.25, 0.3) is 11.0 Å². The highest BCUT2D eigenvalue weighted by atomic mass is 32.2. The van der Waals surface area contributed by atoms with Gasteiger partial charge in [0.25, 0.3) is 0 Å². The zero-order chi connectivity index (χ0) is 14.8. The van der Waals surface area contributed by atoms with Gasteiger partial charge in [-0.25, -0.2) is 4.98 Å². The van der Waals surface area contributed by atoms with Crippen molar-refractivity contribution in [2.24, 2.45) is 12.8 Å². The van der Waals surface area contributed by atoms with E-state index in [4.69, 9.17) is 5.73 Å². The third-order valence-electron chi connectivity index (χ3n) is 3.33. The molecule has 2 N–H and O–H groups in total. The minimum Gasteiger partial charge on any atom is -0.368 e. The number of hydrogen-bond acceptors (Lipinski definition) is 3. The molecule has 3 aromatic rings. The molecular weight excluding hydrogens is 282 g/mol. The quantitative estimate of drug-likeness (QED) is 0.753. The maximum atomic E-state index is 11.8. The molecule has 0 aliphatic carbocycles. The van der Waals surface area contributed by atoms with Crippen LogP contribution >= 0.6 is 11.8 Å². The number of para-hydroxylation sites is 2. The van der Waals surface area contributed by atoms with E-state index in [2.05, 4.69) is 4.98 Å². The zero-order valence-corrected chi connectivity index (χ0v) is 12.4. The molecule has 2 aromatic carbocycles. The van der Waals surface area contributed by atoms with Gasteiger partial charge in [-0.1, -0.05) is 54.2 Å².